The minimum Gasteiger partial charge on any atom is -0.442 e. The van der Waals surface area contributed by atoms with Crippen LogP contribution in [0.4, 0.5) is 30.8 Å². The van der Waals surface area contributed by atoms with Crippen LogP contribution < -0.4 is 15.1 Å². The van der Waals surface area contributed by atoms with Crippen molar-refractivity contribution in [2.24, 2.45) is 7.05 Å². The Balaban J connectivity index is 1.31. The fourth-order valence-electron chi connectivity index (χ4n) is 3.79. The number of nitrogens with zero attached hydrogens (tertiary/aromatic N) is 5. The van der Waals surface area contributed by atoms with Crippen LogP contribution in [-0.4, -0.2) is 40.2 Å². The highest BCUT2D eigenvalue weighted by molar-refractivity contribution is 5.90. The van der Waals surface area contributed by atoms with E-state index in [1.54, 1.807) is 15.6 Å². The lowest BCUT2D eigenvalue weighted by Gasteiger charge is -2.21. The third-order valence-electron chi connectivity index (χ3n) is 5.19. The van der Waals surface area contributed by atoms with E-state index in [4.69, 9.17) is 9.26 Å². The highest BCUT2D eigenvalue weighted by Gasteiger charge is 2.35. The van der Waals surface area contributed by atoms with Crippen molar-refractivity contribution in [2.75, 3.05) is 28.2 Å². The second-order valence-corrected chi connectivity index (χ2v) is 7.24. The maximum atomic E-state index is 14.9. The molecule has 1 unspecified atom stereocenters. The van der Waals surface area contributed by atoms with E-state index < -0.39 is 23.8 Å². The van der Waals surface area contributed by atoms with Crippen molar-refractivity contribution in [3.05, 3.63) is 53.6 Å². The molecule has 3 aromatic rings. The zero-order valence-corrected chi connectivity index (χ0v) is 16.0. The van der Waals surface area contributed by atoms with E-state index >= 15 is 0 Å². The maximum absolute atomic E-state index is 14.9. The van der Waals surface area contributed by atoms with Crippen molar-refractivity contribution in [1.82, 2.24) is 14.9 Å². The fourth-order valence-corrected chi connectivity index (χ4v) is 3.79. The molecule has 1 atom stereocenters. The minimum atomic E-state index is -1.08. The summed E-state index contributed by atoms with van der Waals surface area (Å²) in [4.78, 5) is 15.0. The topological polar surface area (TPSA) is 88.7 Å². The van der Waals surface area contributed by atoms with Gasteiger partial charge in [0.25, 0.3) is 0 Å². The Morgan fingerprint density at radius 1 is 1.20 bits per heavy atom. The van der Waals surface area contributed by atoms with Crippen LogP contribution in [0.3, 0.4) is 0 Å². The van der Waals surface area contributed by atoms with E-state index in [9.17, 15) is 13.6 Å². The van der Waals surface area contributed by atoms with Crippen molar-refractivity contribution in [1.29, 1.82) is 0 Å². The largest absolute Gasteiger partial charge is 0.442 e. The number of amides is 1. The molecule has 0 spiro atoms. The Morgan fingerprint density at radius 3 is 2.77 bits per heavy atom. The number of rotatable bonds is 5. The number of nitrogens with one attached hydrogen (secondary N) is 1. The van der Waals surface area contributed by atoms with E-state index in [-0.39, 0.29) is 24.5 Å². The highest BCUT2D eigenvalue weighted by Crippen LogP contribution is 2.35. The molecule has 11 heteroatoms. The molecule has 1 N–H and O–H groups in total. The van der Waals surface area contributed by atoms with Gasteiger partial charge in [0.05, 0.1) is 36.7 Å². The number of ether oxygens (including phenoxy) is 1. The van der Waals surface area contributed by atoms with Crippen molar-refractivity contribution in [2.45, 2.75) is 19.2 Å². The number of hydrogen-bond acceptors (Lipinski definition) is 7. The first-order chi connectivity index (χ1) is 14.5. The molecule has 2 aliphatic rings. The van der Waals surface area contributed by atoms with E-state index in [0.29, 0.717) is 18.9 Å². The van der Waals surface area contributed by atoms with Crippen LogP contribution in [0.5, 0.6) is 0 Å². The van der Waals surface area contributed by atoms with Gasteiger partial charge in [-0.2, -0.15) is 5.10 Å². The number of cyclic esters (lactones) is 1. The zero-order valence-electron chi connectivity index (χ0n) is 16.0. The molecule has 1 fully saturated rings. The molecule has 5 rings (SSSR count). The summed E-state index contributed by atoms with van der Waals surface area (Å²) in [7, 11) is 1.82. The molecule has 1 saturated heterocycles. The summed E-state index contributed by atoms with van der Waals surface area (Å²) in [6.07, 6.45) is 2.00. The second-order valence-electron chi connectivity index (χ2n) is 7.24. The van der Waals surface area contributed by atoms with Gasteiger partial charge in [-0.1, -0.05) is 5.16 Å². The summed E-state index contributed by atoms with van der Waals surface area (Å²) in [5.41, 5.74) is 1.80. The van der Waals surface area contributed by atoms with Crippen LogP contribution in [0.2, 0.25) is 0 Å². The molecule has 2 aromatic heterocycles. The smallest absolute Gasteiger partial charge is 0.414 e. The van der Waals surface area contributed by atoms with Gasteiger partial charge < -0.3 is 19.5 Å². The molecule has 156 valence electrons. The molecular weight excluding hydrogens is 398 g/mol. The summed E-state index contributed by atoms with van der Waals surface area (Å²) in [5.74, 6) is -1.59. The lowest BCUT2D eigenvalue weighted by Crippen LogP contribution is -2.28. The molecule has 4 heterocycles. The molecule has 30 heavy (non-hydrogen) atoms. The van der Waals surface area contributed by atoms with Crippen LogP contribution in [0.15, 0.2) is 35.2 Å². The minimum absolute atomic E-state index is 0.0825. The molecule has 0 saturated carbocycles. The maximum Gasteiger partial charge on any atom is 0.414 e. The number of fused-ring (bicyclic) bond motifs is 1. The van der Waals surface area contributed by atoms with Gasteiger partial charge in [-0.3, -0.25) is 9.58 Å². The average molecular weight is 416 g/mol. The fraction of sp³-hybridized carbons (Fsp3) is 0.316. The predicted molar refractivity (Wildman–Crippen MR) is 102 cm³/mol. The van der Waals surface area contributed by atoms with Crippen molar-refractivity contribution in [3.63, 3.8) is 0 Å². The number of anilines is 3. The first-order valence-corrected chi connectivity index (χ1v) is 9.36. The number of carbonyl (C=O) groups excluding carboxylic acids is 1. The second kappa shape index (κ2) is 7.01. The van der Waals surface area contributed by atoms with E-state index in [1.165, 1.54) is 18.4 Å². The number of halogens is 2. The lowest BCUT2D eigenvalue weighted by molar-refractivity contribution is 0.147. The lowest BCUT2D eigenvalue weighted by atomic mass is 10.2. The number of hydrogen-bond donors (Lipinski definition) is 1. The van der Waals surface area contributed by atoms with Gasteiger partial charge in [-0.05, 0) is 12.1 Å². The number of aromatic nitrogens is 3. The van der Waals surface area contributed by atoms with Crippen LogP contribution in [0, 0.1) is 11.6 Å². The molecule has 0 bridgehead atoms. The number of benzene rings is 1. The van der Waals surface area contributed by atoms with Gasteiger partial charge in [-0.15, -0.1) is 0 Å². The molecule has 0 aliphatic carbocycles. The van der Waals surface area contributed by atoms with Crippen LogP contribution in [-0.2, 0) is 24.9 Å². The predicted octanol–water partition coefficient (Wildman–Crippen LogP) is 2.64. The summed E-state index contributed by atoms with van der Waals surface area (Å²) >= 11 is 0. The summed E-state index contributed by atoms with van der Waals surface area (Å²) in [6.45, 7) is 1.18. The first-order valence-electron chi connectivity index (χ1n) is 9.36. The van der Waals surface area contributed by atoms with Crippen molar-refractivity contribution < 1.29 is 22.8 Å². The van der Waals surface area contributed by atoms with Crippen LogP contribution >= 0.6 is 0 Å². The Morgan fingerprint density at radius 2 is 2.00 bits per heavy atom. The first kappa shape index (κ1) is 18.4. The Hall–Kier alpha value is -3.63. The van der Waals surface area contributed by atoms with Crippen LogP contribution in [0.1, 0.15) is 11.3 Å². The van der Waals surface area contributed by atoms with Gasteiger partial charge in [0.15, 0.2) is 17.5 Å². The third-order valence-corrected chi connectivity index (χ3v) is 5.19. The number of carbonyl (C=O) groups is 1. The zero-order chi connectivity index (χ0) is 20.8. The normalized spacial score (nSPS) is 18.1. The number of aryl methyl sites for hydroxylation is 1. The van der Waals surface area contributed by atoms with Gasteiger partial charge in [0.2, 0.25) is 0 Å². The highest BCUT2D eigenvalue weighted by atomic mass is 19.2. The molecular formula is C19H18F2N6O3. The van der Waals surface area contributed by atoms with Gasteiger partial charge >= 0.3 is 6.09 Å². The van der Waals surface area contributed by atoms with Crippen molar-refractivity contribution >= 4 is 23.3 Å². The quantitative estimate of drug-likeness (QED) is 0.684. The van der Waals surface area contributed by atoms with E-state index in [2.05, 4.69) is 15.6 Å². The van der Waals surface area contributed by atoms with Gasteiger partial charge in [-0.25, -0.2) is 13.6 Å². The van der Waals surface area contributed by atoms with Crippen molar-refractivity contribution in [3.8, 4) is 0 Å². The SMILES string of the molecule is Cn1cc2c(n1)CN(c1ccc(N3CC(CNc4ccon4)OC3=O)c(F)c1F)C2. The summed E-state index contributed by atoms with van der Waals surface area (Å²) in [6, 6.07) is 4.50. The Bertz CT molecular complexity index is 1080. The molecule has 1 amide bonds. The average Bonchev–Trinajstić information content (AvgIpc) is 3.47. The molecule has 2 aliphatic heterocycles. The standard InChI is InChI=1S/C19H18F2N6O3/c1-25-7-11-8-26(10-13(11)23-25)14-2-3-15(18(21)17(14)20)27-9-12(30-19(27)28)6-22-16-4-5-29-24-16/h2-5,7,12H,6,8-10H2,1H3,(H,22,24). The molecule has 1 aromatic carbocycles. The Labute approximate surface area is 169 Å². The van der Waals surface area contributed by atoms with Gasteiger partial charge in [0, 0.05) is 31.4 Å². The monoisotopic (exact) mass is 416 g/mol. The summed E-state index contributed by atoms with van der Waals surface area (Å²) in [5, 5.41) is 11.0. The Kier molecular flexibility index (Phi) is 4.30. The summed E-state index contributed by atoms with van der Waals surface area (Å²) < 4.78 is 41.4. The third kappa shape index (κ3) is 3.11. The molecule has 9 nitrogen and oxygen atoms in total. The van der Waals surface area contributed by atoms with E-state index in [1.807, 2.05) is 13.2 Å². The van der Waals surface area contributed by atoms with Gasteiger partial charge in [0.1, 0.15) is 12.4 Å². The van der Waals surface area contributed by atoms with E-state index in [0.717, 1.165) is 16.2 Å². The molecule has 0 radical (unpaired) electrons. The van der Waals surface area contributed by atoms with Crippen LogP contribution in [0.25, 0.3) is 0 Å².